The van der Waals surface area contributed by atoms with E-state index in [9.17, 15) is 9.59 Å². The number of fused-ring (bicyclic) bond motifs is 3. The minimum Gasteiger partial charge on any atom is -0.481 e. The van der Waals surface area contributed by atoms with Gasteiger partial charge in [-0.05, 0) is 39.5 Å². The van der Waals surface area contributed by atoms with Crippen LogP contribution in [0.25, 0.3) is 10.9 Å². The number of nitrogens with one attached hydrogen (secondary N) is 1. The molecule has 0 saturated heterocycles. The summed E-state index contributed by atoms with van der Waals surface area (Å²) in [6.07, 6.45) is 1.97. The van der Waals surface area contributed by atoms with E-state index in [2.05, 4.69) is 26.1 Å². The van der Waals surface area contributed by atoms with Crippen LogP contribution in [0.4, 0.5) is 0 Å². The molecule has 1 aliphatic rings. The molecule has 1 aromatic heterocycles. The Balaban J connectivity index is 2.07. The van der Waals surface area contributed by atoms with Gasteiger partial charge in [0.1, 0.15) is 0 Å². The average Bonchev–Trinajstić information content (AvgIpc) is 2.98. The fourth-order valence-electron chi connectivity index (χ4n) is 3.19. The van der Waals surface area contributed by atoms with Gasteiger partial charge in [-0.3, -0.25) is 14.7 Å². The molecule has 24 heavy (non-hydrogen) atoms. The Morgan fingerprint density at radius 3 is 3.08 bits per heavy atom. The van der Waals surface area contributed by atoms with Gasteiger partial charge in [0, 0.05) is 30.1 Å². The van der Waals surface area contributed by atoms with Crippen LogP contribution >= 0.6 is 15.9 Å². The minimum absolute atomic E-state index is 0.140. The van der Waals surface area contributed by atoms with Gasteiger partial charge in [-0.15, -0.1) is 0 Å². The first kappa shape index (κ1) is 16.9. The number of hydrogen-bond acceptors (Lipinski definition) is 4. The zero-order valence-corrected chi connectivity index (χ0v) is 14.8. The van der Waals surface area contributed by atoms with Gasteiger partial charge in [-0.25, -0.2) is 0 Å². The number of carbonyl (C=O) groups excluding carboxylic acids is 1. The molecule has 2 heterocycles. The number of nitrogens with zero attached hydrogens (tertiary/aromatic N) is 2. The normalized spacial score (nSPS) is 17.8. The summed E-state index contributed by atoms with van der Waals surface area (Å²) in [7, 11) is 1.58. The summed E-state index contributed by atoms with van der Waals surface area (Å²) < 4.78 is 5.96. The van der Waals surface area contributed by atoms with E-state index in [4.69, 9.17) is 9.84 Å². The topological polar surface area (TPSA) is 95.5 Å². The van der Waals surface area contributed by atoms with Crippen LogP contribution in [0.1, 0.15) is 17.5 Å². The molecule has 0 aliphatic carbocycles. The van der Waals surface area contributed by atoms with Gasteiger partial charge in [0.2, 0.25) is 5.91 Å². The van der Waals surface area contributed by atoms with E-state index >= 15 is 0 Å². The van der Waals surface area contributed by atoms with Crippen molar-refractivity contribution in [1.29, 1.82) is 0 Å². The van der Waals surface area contributed by atoms with Crippen molar-refractivity contribution in [2.45, 2.75) is 19.4 Å². The van der Waals surface area contributed by atoms with E-state index in [0.29, 0.717) is 26.1 Å². The highest BCUT2D eigenvalue weighted by molar-refractivity contribution is 9.10. The number of aliphatic carboxylic acids is 1. The van der Waals surface area contributed by atoms with Gasteiger partial charge in [0.05, 0.1) is 30.7 Å². The minimum atomic E-state index is -0.966. The lowest BCUT2D eigenvalue weighted by atomic mass is 9.93. The Morgan fingerprint density at radius 2 is 2.38 bits per heavy atom. The first-order valence-electron chi connectivity index (χ1n) is 7.64. The van der Waals surface area contributed by atoms with Crippen molar-refractivity contribution in [2.24, 2.45) is 5.92 Å². The van der Waals surface area contributed by atoms with E-state index in [1.54, 1.807) is 18.2 Å². The summed E-state index contributed by atoms with van der Waals surface area (Å²) in [5.74, 6) is -1.68. The molecule has 0 saturated carbocycles. The maximum Gasteiger partial charge on any atom is 0.304 e. The molecule has 1 aromatic carbocycles. The molecule has 2 aromatic rings. The quantitative estimate of drug-likeness (QED) is 0.806. The van der Waals surface area contributed by atoms with Crippen molar-refractivity contribution in [3.8, 4) is 0 Å². The van der Waals surface area contributed by atoms with Crippen LogP contribution < -0.4 is 0 Å². The molecule has 0 bridgehead atoms. The maximum absolute atomic E-state index is 12.8. The summed E-state index contributed by atoms with van der Waals surface area (Å²) in [4.78, 5) is 25.6. The molecule has 0 fully saturated rings. The van der Waals surface area contributed by atoms with Crippen LogP contribution in [0.15, 0.2) is 16.7 Å². The molecule has 2 N–H and O–H groups in total. The second kappa shape index (κ2) is 6.90. The van der Waals surface area contributed by atoms with E-state index in [1.165, 1.54) is 0 Å². The van der Waals surface area contributed by atoms with Crippen LogP contribution in [0, 0.1) is 5.92 Å². The summed E-state index contributed by atoms with van der Waals surface area (Å²) in [5.41, 5.74) is 2.87. The fourth-order valence-corrected chi connectivity index (χ4v) is 3.77. The predicted molar refractivity (Wildman–Crippen MR) is 90.5 cm³/mol. The van der Waals surface area contributed by atoms with Crippen molar-refractivity contribution in [2.75, 3.05) is 20.3 Å². The Hall–Kier alpha value is -1.93. The number of halogens is 1. The van der Waals surface area contributed by atoms with Crippen molar-refractivity contribution in [3.63, 3.8) is 0 Å². The lowest BCUT2D eigenvalue weighted by Gasteiger charge is -2.23. The van der Waals surface area contributed by atoms with E-state index in [1.807, 2.05) is 6.07 Å². The Bertz CT molecular complexity index is 789. The first-order chi connectivity index (χ1) is 11.5. The summed E-state index contributed by atoms with van der Waals surface area (Å²) in [6.45, 7) is 1.27. The second-order valence-corrected chi connectivity index (χ2v) is 6.76. The van der Waals surface area contributed by atoms with Crippen molar-refractivity contribution < 1.29 is 19.4 Å². The molecule has 0 unspecified atom stereocenters. The number of methoxy groups -OCH3 is 1. The van der Waals surface area contributed by atoms with Crippen molar-refractivity contribution >= 4 is 38.7 Å². The molecule has 1 atom stereocenters. The van der Waals surface area contributed by atoms with Gasteiger partial charge in [0.25, 0.3) is 0 Å². The van der Waals surface area contributed by atoms with Gasteiger partial charge in [-0.1, -0.05) is 0 Å². The van der Waals surface area contributed by atoms with Gasteiger partial charge < -0.3 is 14.7 Å². The molecule has 8 heteroatoms. The number of hydrogen-bond donors (Lipinski definition) is 2. The smallest absolute Gasteiger partial charge is 0.304 e. The molecule has 7 nitrogen and oxygen atoms in total. The number of ether oxygens (including phenoxy) is 1. The Kier molecular flexibility index (Phi) is 4.86. The third-order valence-corrected chi connectivity index (χ3v) is 4.98. The zero-order chi connectivity index (χ0) is 17.3. The number of carboxylic acids is 1. The molecule has 0 radical (unpaired) electrons. The highest BCUT2D eigenvalue weighted by atomic mass is 79.9. The number of amides is 1. The van der Waals surface area contributed by atoms with Crippen LogP contribution in [0.3, 0.4) is 0 Å². The number of H-pyrrole nitrogens is 1. The Morgan fingerprint density at radius 1 is 1.58 bits per heavy atom. The lowest BCUT2D eigenvalue weighted by molar-refractivity contribution is -0.144. The molecular weight excluding hydrogens is 378 g/mol. The first-order valence-corrected chi connectivity index (χ1v) is 8.43. The number of aromatic nitrogens is 2. The van der Waals surface area contributed by atoms with Gasteiger partial charge >= 0.3 is 5.97 Å². The van der Waals surface area contributed by atoms with Crippen molar-refractivity contribution in [3.05, 3.63) is 27.9 Å². The van der Waals surface area contributed by atoms with Gasteiger partial charge in [-0.2, -0.15) is 5.10 Å². The van der Waals surface area contributed by atoms with Gasteiger partial charge in [0.15, 0.2) is 0 Å². The largest absolute Gasteiger partial charge is 0.481 e. The third-order valence-electron chi connectivity index (χ3n) is 4.35. The fraction of sp³-hybridized carbons (Fsp3) is 0.438. The van der Waals surface area contributed by atoms with Crippen molar-refractivity contribution in [1.82, 2.24) is 15.1 Å². The molecule has 0 spiro atoms. The average molecular weight is 396 g/mol. The van der Waals surface area contributed by atoms with E-state index < -0.39 is 11.9 Å². The van der Waals surface area contributed by atoms with Crippen LogP contribution in [0.2, 0.25) is 0 Å². The molecule has 1 aliphatic heterocycles. The highest BCUT2D eigenvalue weighted by Gasteiger charge is 2.32. The molecule has 3 rings (SSSR count). The summed E-state index contributed by atoms with van der Waals surface area (Å²) >= 11 is 3.52. The second-order valence-electron chi connectivity index (χ2n) is 5.91. The van der Waals surface area contributed by atoms with Crippen LogP contribution in [0.5, 0.6) is 0 Å². The number of carboxylic acid groups (broad SMARTS) is 1. The number of carbonyl (C=O) groups is 2. The zero-order valence-electron chi connectivity index (χ0n) is 13.2. The third kappa shape index (κ3) is 3.16. The molecule has 128 valence electrons. The number of rotatable bonds is 5. The Labute approximate surface area is 147 Å². The van der Waals surface area contributed by atoms with E-state index in [0.717, 1.165) is 26.5 Å². The summed E-state index contributed by atoms with van der Waals surface area (Å²) in [5, 5.41) is 17.2. The highest BCUT2D eigenvalue weighted by Crippen LogP contribution is 2.34. The predicted octanol–water partition coefficient (Wildman–Crippen LogP) is 1.95. The molecular formula is C16H18BrN3O4. The van der Waals surface area contributed by atoms with E-state index in [-0.39, 0.29) is 12.3 Å². The standard InChI is InChI=1S/C16H18BrN3O4/c1-24-3-2-20-8-12-9(4-10(16(20)23)6-14(21)22)5-13(17)15-11(12)7-18-19-15/h5,7,10H,2-4,6,8H2,1H3,(H,18,19)(H,21,22)/t10-/m0/s1. The van der Waals surface area contributed by atoms with Crippen LogP contribution in [-0.4, -0.2) is 52.3 Å². The van der Waals surface area contributed by atoms with Crippen LogP contribution in [-0.2, 0) is 27.3 Å². The SMILES string of the molecule is COCCN1Cc2c(cc(Br)c3[nH]ncc23)C[C@@H](CC(=O)O)C1=O. The summed E-state index contributed by atoms with van der Waals surface area (Å²) in [6, 6.07) is 1.96. The monoisotopic (exact) mass is 395 g/mol. The number of aromatic amines is 1. The lowest BCUT2D eigenvalue weighted by Crippen LogP contribution is -2.37. The molecule has 1 amide bonds. The number of benzene rings is 1. The maximum atomic E-state index is 12.8.